The Morgan fingerprint density at radius 2 is 1.53 bits per heavy atom. The van der Waals surface area contributed by atoms with Crippen molar-refractivity contribution in [2.24, 2.45) is 0 Å². The molecule has 1 aliphatic rings. The Kier molecular flexibility index (Phi) is 13.7. The van der Waals surface area contributed by atoms with Crippen LogP contribution in [-0.4, -0.2) is 56.9 Å². The molecule has 0 bridgehead atoms. The molecule has 1 rings (SSSR count). The van der Waals surface area contributed by atoms with Gasteiger partial charge in [-0.15, -0.1) is 0 Å². The van der Waals surface area contributed by atoms with E-state index in [0.717, 1.165) is 0 Å². The number of cyclic esters (lactones) is 1. The summed E-state index contributed by atoms with van der Waals surface area (Å²) in [5.74, 6) is -0.451. The van der Waals surface area contributed by atoms with Gasteiger partial charge >= 0.3 is 5.97 Å². The van der Waals surface area contributed by atoms with E-state index in [9.17, 15) is 25.2 Å². The van der Waals surface area contributed by atoms with E-state index in [4.69, 9.17) is 4.74 Å². The van der Waals surface area contributed by atoms with E-state index in [1.54, 1.807) is 55.5 Å². The lowest BCUT2D eigenvalue weighted by Crippen LogP contribution is -2.17. The lowest BCUT2D eigenvalue weighted by molar-refractivity contribution is -0.142. The van der Waals surface area contributed by atoms with Crippen molar-refractivity contribution in [2.45, 2.75) is 82.4 Å². The van der Waals surface area contributed by atoms with Crippen molar-refractivity contribution < 1.29 is 30.0 Å². The molecule has 0 radical (unpaired) electrons. The summed E-state index contributed by atoms with van der Waals surface area (Å²) in [5, 5.41) is 39.9. The number of hydrogen-bond donors (Lipinski definition) is 4. The second kappa shape index (κ2) is 15.8. The first-order valence-corrected chi connectivity index (χ1v) is 10.6. The highest BCUT2D eigenvalue weighted by Crippen LogP contribution is 2.11. The largest absolute Gasteiger partial charge is 0.460 e. The smallest absolute Gasteiger partial charge is 0.331 e. The molecule has 1 unspecified atom stereocenters. The molecule has 0 aromatic carbocycles. The maximum absolute atomic E-state index is 11.8. The zero-order valence-electron chi connectivity index (χ0n) is 17.7. The second-order valence-corrected chi connectivity index (χ2v) is 7.58. The molecule has 168 valence electrons. The molecule has 1 aliphatic heterocycles. The molecular formula is C24H36O6. The van der Waals surface area contributed by atoms with Gasteiger partial charge in [0, 0.05) is 6.08 Å². The maximum atomic E-state index is 11.8. The number of carbonyl (C=O) groups excluding carboxylic acids is 1. The lowest BCUT2D eigenvalue weighted by atomic mass is 10.0. The van der Waals surface area contributed by atoms with E-state index >= 15 is 0 Å². The predicted octanol–water partition coefficient (Wildman–Crippen LogP) is 2.89. The van der Waals surface area contributed by atoms with Crippen LogP contribution in [0.2, 0.25) is 0 Å². The highest BCUT2D eigenvalue weighted by molar-refractivity contribution is 5.82. The molecule has 0 saturated carbocycles. The fraction of sp³-hybridized carbons (Fsp3) is 0.542. The Morgan fingerprint density at radius 1 is 0.800 bits per heavy atom. The Labute approximate surface area is 179 Å². The lowest BCUT2D eigenvalue weighted by Gasteiger charge is -2.14. The summed E-state index contributed by atoms with van der Waals surface area (Å²) in [6, 6.07) is 0. The Balaban J connectivity index is 2.67. The monoisotopic (exact) mass is 420 g/mol. The molecular weight excluding hydrogens is 384 g/mol. The maximum Gasteiger partial charge on any atom is 0.331 e. The number of allylic oxidation sites excluding steroid dienone is 5. The third-order valence-electron chi connectivity index (χ3n) is 4.60. The molecule has 0 aromatic rings. The van der Waals surface area contributed by atoms with Gasteiger partial charge in [0.25, 0.3) is 0 Å². The molecule has 5 atom stereocenters. The average molecular weight is 421 g/mol. The molecule has 0 amide bonds. The molecule has 30 heavy (non-hydrogen) atoms. The van der Waals surface area contributed by atoms with E-state index < -0.39 is 30.4 Å². The number of rotatable bonds is 0. The summed E-state index contributed by atoms with van der Waals surface area (Å²) in [6.07, 6.45) is 17.1. The third kappa shape index (κ3) is 14.1. The number of aliphatic hydroxyl groups excluding tert-OH is 4. The van der Waals surface area contributed by atoms with Crippen LogP contribution in [0.5, 0.6) is 0 Å². The molecule has 6 nitrogen and oxygen atoms in total. The van der Waals surface area contributed by atoms with Crippen molar-refractivity contribution in [1.82, 2.24) is 0 Å². The SMILES string of the molecule is CC1CC[C@@H](O)/C=C/CC[C@H](O)C[C@@H](O)C/C=C\C=C\[C@@H](O)C/C=C/C=C\C(=O)O1. The number of esters is 1. The highest BCUT2D eigenvalue weighted by atomic mass is 16.5. The van der Waals surface area contributed by atoms with Gasteiger partial charge in [-0.25, -0.2) is 4.79 Å². The van der Waals surface area contributed by atoms with Gasteiger partial charge < -0.3 is 25.2 Å². The van der Waals surface area contributed by atoms with E-state index in [-0.39, 0.29) is 12.5 Å². The van der Waals surface area contributed by atoms with Gasteiger partial charge in [-0.05, 0) is 51.9 Å². The predicted molar refractivity (Wildman–Crippen MR) is 118 cm³/mol. The first kappa shape index (κ1) is 26.0. The summed E-state index contributed by atoms with van der Waals surface area (Å²) < 4.78 is 5.26. The normalized spacial score (nSPS) is 36.6. The zero-order chi connectivity index (χ0) is 22.2. The van der Waals surface area contributed by atoms with E-state index in [0.29, 0.717) is 38.5 Å². The summed E-state index contributed by atoms with van der Waals surface area (Å²) in [5.41, 5.74) is 0. The Bertz CT molecular complexity index is 619. The van der Waals surface area contributed by atoms with Gasteiger partial charge in [0.05, 0.1) is 30.5 Å². The standard InChI is InChI=1S/C24H36O6/c1-19-16-17-21(26)12-8-9-14-23(28)18-22(27)13-6-2-4-10-20(25)11-5-3-7-15-24(29)30-19/h2-8,10,12,15,19-23,25-28H,9,11,13-14,16-18H2,1H3/b5-3+,6-2-,10-4+,12-8+,15-7-/t19?,20-,21+,22+,23+/m1/s1. The molecule has 0 saturated heterocycles. The van der Waals surface area contributed by atoms with E-state index in [1.807, 2.05) is 6.08 Å². The fourth-order valence-electron chi connectivity index (χ4n) is 2.88. The first-order chi connectivity index (χ1) is 14.4. The van der Waals surface area contributed by atoms with Crippen molar-refractivity contribution in [2.75, 3.05) is 0 Å². The van der Waals surface area contributed by atoms with Gasteiger partial charge in [0.1, 0.15) is 0 Å². The van der Waals surface area contributed by atoms with Crippen LogP contribution >= 0.6 is 0 Å². The molecule has 0 spiro atoms. The van der Waals surface area contributed by atoms with Crippen LogP contribution in [0.15, 0.2) is 60.8 Å². The third-order valence-corrected chi connectivity index (χ3v) is 4.60. The van der Waals surface area contributed by atoms with Gasteiger partial charge in [-0.2, -0.15) is 0 Å². The highest BCUT2D eigenvalue weighted by Gasteiger charge is 2.11. The van der Waals surface area contributed by atoms with Crippen molar-refractivity contribution in [3.05, 3.63) is 60.8 Å². The fourth-order valence-corrected chi connectivity index (χ4v) is 2.88. The van der Waals surface area contributed by atoms with Crippen LogP contribution in [0.3, 0.4) is 0 Å². The molecule has 0 fully saturated rings. The Hall–Kier alpha value is -1.99. The molecule has 0 aliphatic carbocycles. The second-order valence-electron chi connectivity index (χ2n) is 7.58. The van der Waals surface area contributed by atoms with Crippen LogP contribution in [-0.2, 0) is 9.53 Å². The minimum absolute atomic E-state index is 0.286. The quantitative estimate of drug-likeness (QED) is 0.355. The van der Waals surface area contributed by atoms with Crippen molar-refractivity contribution in [1.29, 1.82) is 0 Å². The number of carbonyl (C=O) groups is 1. The molecule has 0 aromatic heterocycles. The van der Waals surface area contributed by atoms with Crippen LogP contribution < -0.4 is 0 Å². The summed E-state index contributed by atoms with van der Waals surface area (Å²) in [4.78, 5) is 11.8. The summed E-state index contributed by atoms with van der Waals surface area (Å²) in [7, 11) is 0. The summed E-state index contributed by atoms with van der Waals surface area (Å²) >= 11 is 0. The molecule has 4 N–H and O–H groups in total. The van der Waals surface area contributed by atoms with Gasteiger partial charge in [0.2, 0.25) is 0 Å². The van der Waals surface area contributed by atoms with Gasteiger partial charge in [-0.1, -0.05) is 54.7 Å². The van der Waals surface area contributed by atoms with Crippen molar-refractivity contribution in [3.8, 4) is 0 Å². The van der Waals surface area contributed by atoms with Gasteiger partial charge in [0.15, 0.2) is 0 Å². The van der Waals surface area contributed by atoms with Crippen LogP contribution in [0, 0.1) is 0 Å². The van der Waals surface area contributed by atoms with Crippen molar-refractivity contribution in [3.63, 3.8) is 0 Å². The number of aliphatic hydroxyl groups is 4. The van der Waals surface area contributed by atoms with Crippen LogP contribution in [0.4, 0.5) is 0 Å². The average Bonchev–Trinajstić information content (AvgIpc) is 2.68. The van der Waals surface area contributed by atoms with E-state index in [1.165, 1.54) is 6.08 Å². The number of ether oxygens (including phenoxy) is 1. The first-order valence-electron chi connectivity index (χ1n) is 10.6. The summed E-state index contributed by atoms with van der Waals surface area (Å²) in [6.45, 7) is 1.78. The Morgan fingerprint density at radius 3 is 2.33 bits per heavy atom. The molecule has 1 heterocycles. The van der Waals surface area contributed by atoms with Gasteiger partial charge in [-0.3, -0.25) is 0 Å². The minimum Gasteiger partial charge on any atom is -0.460 e. The zero-order valence-corrected chi connectivity index (χ0v) is 17.7. The van der Waals surface area contributed by atoms with Crippen LogP contribution in [0.1, 0.15) is 51.9 Å². The topological polar surface area (TPSA) is 107 Å². The minimum atomic E-state index is -0.650. The van der Waals surface area contributed by atoms with E-state index in [2.05, 4.69) is 0 Å². The van der Waals surface area contributed by atoms with Crippen molar-refractivity contribution >= 4 is 5.97 Å². The number of hydrogen-bond acceptors (Lipinski definition) is 6. The molecule has 6 heteroatoms. The van der Waals surface area contributed by atoms with Crippen LogP contribution in [0.25, 0.3) is 0 Å².